The monoisotopic (exact) mass is 241 g/mol. The molecule has 0 aliphatic carbocycles. The predicted molar refractivity (Wildman–Crippen MR) is 71.9 cm³/mol. The van der Waals surface area contributed by atoms with Gasteiger partial charge in [-0.05, 0) is 17.7 Å². The number of hydrogen-bond acceptors (Lipinski definition) is 3. The number of nitrogens with zero attached hydrogens (tertiary/aromatic N) is 1. The Balaban J connectivity index is 1.99. The van der Waals surface area contributed by atoms with Crippen LogP contribution in [-0.4, -0.2) is 22.7 Å². The normalized spacial score (nSPS) is 12.7. The molecule has 0 radical (unpaired) electrons. The maximum absolute atomic E-state index is 9.78. The standard InChI is InChI=1S/C15H15NO2/c17-14-9-5-4-8-13(14)11-16-15(18)10-12-6-2-1-3-7-12/h1-9,11,15,17-18H,10H2/b16-11+/t15-/m1/s1. The Kier molecular flexibility index (Phi) is 4.10. The van der Waals surface area contributed by atoms with Crippen molar-refractivity contribution in [1.29, 1.82) is 0 Å². The van der Waals surface area contributed by atoms with E-state index in [1.807, 2.05) is 36.4 Å². The van der Waals surface area contributed by atoms with Crippen LogP contribution in [0.3, 0.4) is 0 Å². The van der Waals surface area contributed by atoms with Gasteiger partial charge in [-0.3, -0.25) is 4.99 Å². The smallest absolute Gasteiger partial charge is 0.149 e. The fraction of sp³-hybridized carbons (Fsp3) is 0.133. The van der Waals surface area contributed by atoms with Crippen LogP contribution in [0.2, 0.25) is 0 Å². The lowest BCUT2D eigenvalue weighted by molar-refractivity contribution is 0.186. The summed E-state index contributed by atoms with van der Waals surface area (Å²) in [6, 6.07) is 16.6. The van der Waals surface area contributed by atoms with Crippen LogP contribution in [0.25, 0.3) is 0 Å². The molecule has 18 heavy (non-hydrogen) atoms. The predicted octanol–water partition coefficient (Wildman–Crippen LogP) is 2.37. The van der Waals surface area contributed by atoms with Gasteiger partial charge in [-0.15, -0.1) is 0 Å². The Morgan fingerprint density at radius 1 is 1.00 bits per heavy atom. The van der Waals surface area contributed by atoms with Crippen molar-refractivity contribution in [3.8, 4) is 5.75 Å². The van der Waals surface area contributed by atoms with E-state index in [0.29, 0.717) is 12.0 Å². The fourth-order valence-corrected chi connectivity index (χ4v) is 1.64. The number of para-hydroxylation sites is 1. The molecule has 0 bridgehead atoms. The highest BCUT2D eigenvalue weighted by molar-refractivity contribution is 5.83. The molecule has 92 valence electrons. The number of rotatable bonds is 4. The van der Waals surface area contributed by atoms with E-state index in [0.717, 1.165) is 5.56 Å². The van der Waals surface area contributed by atoms with Crippen molar-refractivity contribution < 1.29 is 10.2 Å². The Labute approximate surface area is 106 Å². The maximum atomic E-state index is 9.78. The summed E-state index contributed by atoms with van der Waals surface area (Å²) < 4.78 is 0. The van der Waals surface area contributed by atoms with Crippen molar-refractivity contribution >= 4 is 6.21 Å². The van der Waals surface area contributed by atoms with Crippen LogP contribution in [0.4, 0.5) is 0 Å². The third kappa shape index (κ3) is 3.43. The van der Waals surface area contributed by atoms with E-state index < -0.39 is 6.23 Å². The van der Waals surface area contributed by atoms with Gasteiger partial charge in [-0.1, -0.05) is 42.5 Å². The maximum Gasteiger partial charge on any atom is 0.149 e. The first kappa shape index (κ1) is 12.3. The van der Waals surface area contributed by atoms with Crippen molar-refractivity contribution in [2.24, 2.45) is 4.99 Å². The zero-order valence-electron chi connectivity index (χ0n) is 9.90. The highest BCUT2D eigenvalue weighted by Gasteiger charge is 2.02. The molecule has 0 saturated heterocycles. The summed E-state index contributed by atoms with van der Waals surface area (Å²) in [6.45, 7) is 0. The number of phenolic OH excluding ortho intramolecular Hbond substituents is 1. The summed E-state index contributed by atoms with van der Waals surface area (Å²) >= 11 is 0. The summed E-state index contributed by atoms with van der Waals surface area (Å²) in [6.07, 6.45) is 1.15. The van der Waals surface area contributed by atoms with Crippen molar-refractivity contribution in [2.45, 2.75) is 12.6 Å². The number of benzene rings is 2. The molecule has 0 aromatic heterocycles. The van der Waals surface area contributed by atoms with E-state index in [1.165, 1.54) is 6.21 Å². The minimum absolute atomic E-state index is 0.160. The summed E-state index contributed by atoms with van der Waals surface area (Å²) in [7, 11) is 0. The van der Waals surface area contributed by atoms with Gasteiger partial charge in [0.05, 0.1) is 0 Å². The lowest BCUT2D eigenvalue weighted by Crippen LogP contribution is -2.07. The van der Waals surface area contributed by atoms with E-state index in [-0.39, 0.29) is 5.75 Å². The first-order valence-electron chi connectivity index (χ1n) is 5.79. The minimum Gasteiger partial charge on any atom is -0.507 e. The summed E-state index contributed by atoms with van der Waals surface area (Å²) in [5, 5.41) is 19.3. The average Bonchev–Trinajstić information content (AvgIpc) is 2.39. The molecule has 3 nitrogen and oxygen atoms in total. The van der Waals surface area contributed by atoms with Crippen LogP contribution in [-0.2, 0) is 6.42 Å². The summed E-state index contributed by atoms with van der Waals surface area (Å²) in [5.74, 6) is 0.160. The van der Waals surface area contributed by atoms with Crippen LogP contribution >= 0.6 is 0 Å². The van der Waals surface area contributed by atoms with Crippen LogP contribution in [0, 0.1) is 0 Å². The molecule has 1 atom stereocenters. The van der Waals surface area contributed by atoms with Crippen LogP contribution in [0.1, 0.15) is 11.1 Å². The zero-order valence-corrected chi connectivity index (χ0v) is 9.90. The van der Waals surface area contributed by atoms with Gasteiger partial charge in [0.15, 0.2) is 0 Å². The number of hydrogen-bond donors (Lipinski definition) is 2. The molecule has 0 amide bonds. The second kappa shape index (κ2) is 5.98. The third-order valence-corrected chi connectivity index (χ3v) is 2.58. The van der Waals surface area contributed by atoms with Crippen molar-refractivity contribution in [3.05, 3.63) is 65.7 Å². The first-order valence-corrected chi connectivity index (χ1v) is 5.79. The number of aliphatic hydroxyl groups is 1. The molecule has 0 fully saturated rings. The van der Waals surface area contributed by atoms with Crippen molar-refractivity contribution in [3.63, 3.8) is 0 Å². The highest BCUT2D eigenvalue weighted by atomic mass is 16.3. The lowest BCUT2D eigenvalue weighted by Gasteiger charge is -2.05. The molecule has 0 spiro atoms. The zero-order chi connectivity index (χ0) is 12.8. The van der Waals surface area contributed by atoms with E-state index in [2.05, 4.69) is 4.99 Å². The van der Waals surface area contributed by atoms with E-state index in [9.17, 15) is 10.2 Å². The van der Waals surface area contributed by atoms with E-state index in [1.54, 1.807) is 18.2 Å². The Bertz CT molecular complexity index is 523. The molecular formula is C15H15NO2. The van der Waals surface area contributed by atoms with Crippen molar-refractivity contribution in [2.75, 3.05) is 0 Å². The Morgan fingerprint density at radius 3 is 2.39 bits per heavy atom. The molecular weight excluding hydrogens is 226 g/mol. The third-order valence-electron chi connectivity index (χ3n) is 2.58. The van der Waals surface area contributed by atoms with Crippen LogP contribution in [0.5, 0.6) is 5.75 Å². The lowest BCUT2D eigenvalue weighted by atomic mass is 10.1. The molecule has 3 heteroatoms. The SMILES string of the molecule is Oc1ccccc1/C=N/[C@H](O)Cc1ccccc1. The van der Waals surface area contributed by atoms with Gasteiger partial charge < -0.3 is 10.2 Å². The summed E-state index contributed by atoms with van der Waals surface area (Å²) in [5.41, 5.74) is 1.63. The number of aliphatic imine (C=N–C) groups is 1. The minimum atomic E-state index is -0.799. The van der Waals surface area contributed by atoms with Gasteiger partial charge in [0, 0.05) is 18.2 Å². The topological polar surface area (TPSA) is 52.8 Å². The molecule has 2 aromatic carbocycles. The highest BCUT2D eigenvalue weighted by Crippen LogP contribution is 2.13. The number of aliphatic hydroxyl groups excluding tert-OH is 1. The molecule has 0 aliphatic heterocycles. The van der Waals surface area contributed by atoms with E-state index in [4.69, 9.17) is 0 Å². The second-order valence-electron chi connectivity index (χ2n) is 4.01. The number of phenols is 1. The Hall–Kier alpha value is -2.13. The molecule has 2 N–H and O–H groups in total. The number of aromatic hydroxyl groups is 1. The van der Waals surface area contributed by atoms with Gasteiger partial charge in [0.1, 0.15) is 12.0 Å². The molecule has 0 aliphatic rings. The molecule has 0 heterocycles. The van der Waals surface area contributed by atoms with Gasteiger partial charge in [0.2, 0.25) is 0 Å². The fourth-order valence-electron chi connectivity index (χ4n) is 1.64. The quantitative estimate of drug-likeness (QED) is 0.807. The van der Waals surface area contributed by atoms with Crippen molar-refractivity contribution in [1.82, 2.24) is 0 Å². The molecule has 0 saturated carbocycles. The second-order valence-corrected chi connectivity index (χ2v) is 4.01. The largest absolute Gasteiger partial charge is 0.507 e. The van der Waals surface area contributed by atoms with Gasteiger partial charge in [-0.2, -0.15) is 0 Å². The van der Waals surface area contributed by atoms with Gasteiger partial charge in [0.25, 0.3) is 0 Å². The van der Waals surface area contributed by atoms with E-state index >= 15 is 0 Å². The average molecular weight is 241 g/mol. The van der Waals surface area contributed by atoms with Gasteiger partial charge >= 0.3 is 0 Å². The van der Waals surface area contributed by atoms with Gasteiger partial charge in [-0.25, -0.2) is 0 Å². The molecule has 2 aromatic rings. The van der Waals surface area contributed by atoms with Crippen LogP contribution in [0.15, 0.2) is 59.6 Å². The summed E-state index contributed by atoms with van der Waals surface area (Å²) in [4.78, 5) is 4.02. The first-order chi connectivity index (χ1) is 8.75. The van der Waals surface area contributed by atoms with Crippen LogP contribution < -0.4 is 0 Å². The Morgan fingerprint density at radius 2 is 1.67 bits per heavy atom. The molecule has 2 rings (SSSR count). The molecule has 0 unspecified atom stereocenters.